The van der Waals surface area contributed by atoms with Gasteiger partial charge in [-0.15, -0.1) is 0 Å². The Morgan fingerprint density at radius 2 is 1.81 bits per heavy atom. The number of nitrogens with one attached hydrogen (secondary N) is 2. The van der Waals surface area contributed by atoms with Crippen LogP contribution in [0.2, 0.25) is 0 Å². The Bertz CT molecular complexity index is 774. The van der Waals surface area contributed by atoms with Gasteiger partial charge in [-0.05, 0) is 50.6 Å². The molecule has 0 heterocycles. The summed E-state index contributed by atoms with van der Waals surface area (Å²) in [5, 5.41) is 5.65. The minimum atomic E-state index is -0.288. The molecule has 2 aromatic carbocycles. The van der Waals surface area contributed by atoms with E-state index in [9.17, 15) is 9.59 Å². The van der Waals surface area contributed by atoms with Crippen molar-refractivity contribution < 1.29 is 19.1 Å². The minimum Gasteiger partial charge on any atom is -0.490 e. The molecule has 0 radical (unpaired) electrons. The molecule has 2 aromatic rings. The monoisotopic (exact) mass is 370 g/mol. The maximum Gasteiger partial charge on any atom is 0.259 e. The van der Waals surface area contributed by atoms with Crippen LogP contribution in [0.3, 0.4) is 0 Å². The van der Waals surface area contributed by atoms with Gasteiger partial charge in [0.05, 0.1) is 11.7 Å². The number of anilines is 1. The molecule has 0 aromatic heterocycles. The molecule has 0 aliphatic rings. The van der Waals surface area contributed by atoms with Crippen molar-refractivity contribution in [3.05, 3.63) is 59.7 Å². The smallest absolute Gasteiger partial charge is 0.259 e. The molecule has 2 amide bonds. The van der Waals surface area contributed by atoms with Gasteiger partial charge in [-0.2, -0.15) is 0 Å². The highest BCUT2D eigenvalue weighted by Crippen LogP contribution is 2.21. The van der Waals surface area contributed by atoms with E-state index < -0.39 is 0 Å². The van der Waals surface area contributed by atoms with Gasteiger partial charge in [0.1, 0.15) is 5.75 Å². The Morgan fingerprint density at radius 1 is 1.04 bits per heavy atom. The first-order valence-corrected chi connectivity index (χ1v) is 8.95. The lowest BCUT2D eigenvalue weighted by Gasteiger charge is -2.14. The second-order valence-corrected chi connectivity index (χ2v) is 6.30. The van der Waals surface area contributed by atoms with Gasteiger partial charge < -0.3 is 20.1 Å². The van der Waals surface area contributed by atoms with Gasteiger partial charge in [-0.1, -0.05) is 18.2 Å². The SMILES string of the molecule is COCCCNC(=O)c1cccc(NC(=O)c2ccccc2OC(C)C)c1. The zero-order valence-electron chi connectivity index (χ0n) is 16.0. The van der Waals surface area contributed by atoms with Crippen LogP contribution in [-0.4, -0.2) is 38.2 Å². The molecular weight excluding hydrogens is 344 g/mol. The van der Waals surface area contributed by atoms with E-state index in [1.54, 1.807) is 49.6 Å². The largest absolute Gasteiger partial charge is 0.490 e. The van der Waals surface area contributed by atoms with Crippen LogP contribution < -0.4 is 15.4 Å². The number of carbonyl (C=O) groups is 2. The van der Waals surface area contributed by atoms with E-state index in [-0.39, 0.29) is 17.9 Å². The number of methoxy groups -OCH3 is 1. The van der Waals surface area contributed by atoms with Crippen molar-refractivity contribution in [1.82, 2.24) is 5.32 Å². The van der Waals surface area contributed by atoms with Crippen molar-refractivity contribution in [2.75, 3.05) is 25.6 Å². The molecular formula is C21H26N2O4. The third kappa shape index (κ3) is 6.42. The maximum atomic E-state index is 12.6. The highest BCUT2D eigenvalue weighted by molar-refractivity contribution is 6.06. The van der Waals surface area contributed by atoms with Gasteiger partial charge in [0.15, 0.2) is 0 Å². The van der Waals surface area contributed by atoms with Crippen LogP contribution >= 0.6 is 0 Å². The topological polar surface area (TPSA) is 76.7 Å². The van der Waals surface area contributed by atoms with Crippen LogP contribution in [0.4, 0.5) is 5.69 Å². The first-order valence-electron chi connectivity index (χ1n) is 8.95. The summed E-state index contributed by atoms with van der Waals surface area (Å²) in [5.74, 6) is 0.0479. The van der Waals surface area contributed by atoms with E-state index in [4.69, 9.17) is 9.47 Å². The van der Waals surface area contributed by atoms with Crippen molar-refractivity contribution in [3.8, 4) is 5.75 Å². The highest BCUT2D eigenvalue weighted by Gasteiger charge is 2.14. The van der Waals surface area contributed by atoms with Gasteiger partial charge in [-0.25, -0.2) is 0 Å². The van der Waals surface area contributed by atoms with Gasteiger partial charge in [0, 0.05) is 31.5 Å². The van der Waals surface area contributed by atoms with E-state index in [1.165, 1.54) is 0 Å². The number of amides is 2. The summed E-state index contributed by atoms with van der Waals surface area (Å²) < 4.78 is 10.7. The maximum absolute atomic E-state index is 12.6. The first kappa shape index (κ1) is 20.5. The van der Waals surface area contributed by atoms with Gasteiger partial charge in [-0.3, -0.25) is 9.59 Å². The van der Waals surface area contributed by atoms with Gasteiger partial charge in [0.2, 0.25) is 0 Å². The molecule has 0 saturated carbocycles. The van der Waals surface area contributed by atoms with Crippen LogP contribution in [0.1, 0.15) is 41.0 Å². The summed E-state index contributed by atoms with van der Waals surface area (Å²) in [6.07, 6.45) is 0.703. The van der Waals surface area contributed by atoms with Crippen LogP contribution in [0, 0.1) is 0 Å². The second-order valence-electron chi connectivity index (χ2n) is 6.30. The zero-order valence-corrected chi connectivity index (χ0v) is 16.0. The second kappa shape index (κ2) is 10.3. The molecule has 0 aliphatic carbocycles. The average Bonchev–Trinajstić information content (AvgIpc) is 2.65. The third-order valence-electron chi connectivity index (χ3n) is 3.69. The molecule has 0 fully saturated rings. The summed E-state index contributed by atoms with van der Waals surface area (Å²) in [6.45, 7) is 4.93. The number of benzene rings is 2. The fourth-order valence-electron chi connectivity index (χ4n) is 2.47. The summed E-state index contributed by atoms with van der Waals surface area (Å²) in [6, 6.07) is 13.9. The molecule has 27 heavy (non-hydrogen) atoms. The van der Waals surface area contributed by atoms with Crippen molar-refractivity contribution in [2.24, 2.45) is 0 Å². The number of para-hydroxylation sites is 1. The van der Waals surface area contributed by atoms with Crippen molar-refractivity contribution in [3.63, 3.8) is 0 Å². The Labute approximate surface area is 159 Å². The molecule has 0 spiro atoms. The molecule has 144 valence electrons. The number of hydrogen-bond donors (Lipinski definition) is 2. The lowest BCUT2D eigenvalue weighted by Crippen LogP contribution is -2.25. The Hall–Kier alpha value is -2.86. The highest BCUT2D eigenvalue weighted by atomic mass is 16.5. The number of hydrogen-bond acceptors (Lipinski definition) is 4. The molecule has 0 saturated heterocycles. The van der Waals surface area contributed by atoms with E-state index in [0.717, 1.165) is 6.42 Å². The molecule has 0 aliphatic heterocycles. The molecule has 0 unspecified atom stereocenters. The zero-order chi connectivity index (χ0) is 19.6. The molecule has 0 atom stereocenters. The normalized spacial score (nSPS) is 10.5. The summed E-state index contributed by atoms with van der Waals surface area (Å²) >= 11 is 0. The lowest BCUT2D eigenvalue weighted by molar-refractivity contribution is 0.0947. The standard InChI is InChI=1S/C21H26N2O4/c1-15(2)27-19-11-5-4-10-18(19)21(25)23-17-9-6-8-16(14-17)20(24)22-12-7-13-26-3/h4-6,8-11,14-15H,7,12-13H2,1-3H3,(H,22,24)(H,23,25). The van der Waals surface area contributed by atoms with E-state index in [1.807, 2.05) is 19.9 Å². The van der Waals surface area contributed by atoms with E-state index >= 15 is 0 Å². The minimum absolute atomic E-state index is 0.0379. The summed E-state index contributed by atoms with van der Waals surface area (Å²) in [7, 11) is 1.62. The molecule has 6 nitrogen and oxygen atoms in total. The Morgan fingerprint density at radius 3 is 2.56 bits per heavy atom. The number of ether oxygens (including phenoxy) is 2. The van der Waals surface area contributed by atoms with Crippen molar-refractivity contribution in [2.45, 2.75) is 26.4 Å². The summed E-state index contributed by atoms with van der Waals surface area (Å²) in [5.41, 5.74) is 1.47. The van der Waals surface area contributed by atoms with Crippen molar-refractivity contribution in [1.29, 1.82) is 0 Å². The third-order valence-corrected chi connectivity index (χ3v) is 3.69. The summed E-state index contributed by atoms with van der Waals surface area (Å²) in [4.78, 5) is 24.8. The van der Waals surface area contributed by atoms with Crippen LogP contribution in [0.5, 0.6) is 5.75 Å². The number of carbonyl (C=O) groups excluding carboxylic acids is 2. The molecule has 2 N–H and O–H groups in total. The predicted octanol–water partition coefficient (Wildman–Crippen LogP) is 3.49. The Kier molecular flexibility index (Phi) is 7.82. The van der Waals surface area contributed by atoms with E-state index in [2.05, 4.69) is 10.6 Å². The fraction of sp³-hybridized carbons (Fsp3) is 0.333. The van der Waals surface area contributed by atoms with Crippen LogP contribution in [0.25, 0.3) is 0 Å². The number of rotatable bonds is 9. The fourth-order valence-corrected chi connectivity index (χ4v) is 2.47. The predicted molar refractivity (Wildman–Crippen MR) is 105 cm³/mol. The first-order chi connectivity index (χ1) is 13.0. The average molecular weight is 370 g/mol. The van der Waals surface area contributed by atoms with Crippen molar-refractivity contribution >= 4 is 17.5 Å². The molecule has 0 bridgehead atoms. The van der Waals surface area contributed by atoms with Crippen LogP contribution in [-0.2, 0) is 4.74 Å². The van der Waals surface area contributed by atoms with Gasteiger partial charge >= 0.3 is 0 Å². The quantitative estimate of drug-likeness (QED) is 0.663. The molecule has 2 rings (SSSR count). The Balaban J connectivity index is 2.06. The lowest BCUT2D eigenvalue weighted by atomic mass is 10.1. The van der Waals surface area contributed by atoms with Crippen LogP contribution in [0.15, 0.2) is 48.5 Å². The molecule has 6 heteroatoms. The van der Waals surface area contributed by atoms with Gasteiger partial charge in [0.25, 0.3) is 11.8 Å². The van der Waals surface area contributed by atoms with E-state index in [0.29, 0.717) is 35.7 Å².